The highest BCUT2D eigenvalue weighted by Crippen LogP contribution is 2.67. The average molecular weight is 391 g/mol. The van der Waals surface area contributed by atoms with E-state index in [0.29, 0.717) is 11.8 Å². The van der Waals surface area contributed by atoms with Crippen molar-refractivity contribution in [3.63, 3.8) is 0 Å². The van der Waals surface area contributed by atoms with Crippen LogP contribution in [-0.2, 0) is 9.47 Å². The van der Waals surface area contributed by atoms with Crippen LogP contribution in [0.4, 0.5) is 9.59 Å². The molecule has 0 heterocycles. The van der Waals surface area contributed by atoms with Crippen LogP contribution in [-0.4, -0.2) is 24.4 Å². The van der Waals surface area contributed by atoms with Crippen molar-refractivity contribution in [1.82, 2.24) is 0 Å². The van der Waals surface area contributed by atoms with Gasteiger partial charge in [0.1, 0.15) is 12.2 Å². The fourth-order valence-corrected chi connectivity index (χ4v) is 6.99. The Kier molecular flexibility index (Phi) is 4.27. The predicted molar refractivity (Wildman–Crippen MR) is 104 cm³/mol. The molecule has 0 spiro atoms. The minimum absolute atomic E-state index is 0.0351. The minimum atomic E-state index is -0.786. The molecule has 6 nitrogen and oxygen atoms in total. The number of nitrogens with zero attached hydrogens (tertiary/aromatic N) is 2. The quantitative estimate of drug-likeness (QED) is 0.530. The van der Waals surface area contributed by atoms with Crippen molar-refractivity contribution < 1.29 is 19.1 Å². The van der Waals surface area contributed by atoms with Gasteiger partial charge in [-0.25, -0.2) is 9.59 Å². The molecule has 4 rings (SSSR count). The number of ether oxygens (including phenoxy) is 2. The Labute approximate surface area is 167 Å². The van der Waals surface area contributed by atoms with E-state index in [-0.39, 0.29) is 33.9 Å². The Bertz CT molecular complexity index is 670. The highest BCUT2D eigenvalue weighted by molar-refractivity contribution is 5.73. The van der Waals surface area contributed by atoms with E-state index in [2.05, 4.69) is 51.8 Å². The molecule has 0 aromatic heterocycles. The normalized spacial score (nSPS) is 44.9. The SMILES string of the molecule is CC1(C)[C@H]2CC[C@@]1(C)[C@H](OC(=O)N=NC(=O)O[C@@H]1C[C@H]3CC[C@@]1(C)C3(C)C)C2. The first-order chi connectivity index (χ1) is 12.9. The van der Waals surface area contributed by atoms with E-state index >= 15 is 0 Å². The monoisotopic (exact) mass is 390 g/mol. The van der Waals surface area contributed by atoms with E-state index in [4.69, 9.17) is 9.47 Å². The lowest BCUT2D eigenvalue weighted by molar-refractivity contribution is -0.00458. The molecule has 156 valence electrons. The molecule has 28 heavy (non-hydrogen) atoms. The molecule has 2 amide bonds. The number of carbonyl (C=O) groups is 2. The third-order valence-corrected chi connectivity index (χ3v) is 10.1. The van der Waals surface area contributed by atoms with Crippen molar-refractivity contribution in [1.29, 1.82) is 0 Å². The summed E-state index contributed by atoms with van der Waals surface area (Å²) in [5.41, 5.74) is 0.231. The van der Waals surface area contributed by atoms with E-state index in [1.807, 2.05) is 0 Å². The maximum absolute atomic E-state index is 12.2. The number of fused-ring (bicyclic) bond motifs is 4. The summed E-state index contributed by atoms with van der Waals surface area (Å²) in [7, 11) is 0. The Morgan fingerprint density at radius 1 is 0.714 bits per heavy atom. The zero-order chi connectivity index (χ0) is 20.5. The highest BCUT2D eigenvalue weighted by Gasteiger charge is 2.64. The zero-order valence-corrected chi connectivity index (χ0v) is 18.1. The second-order valence-corrected chi connectivity index (χ2v) is 11.2. The Balaban J connectivity index is 1.33. The molecule has 4 bridgehead atoms. The van der Waals surface area contributed by atoms with E-state index in [1.54, 1.807) is 0 Å². The van der Waals surface area contributed by atoms with Gasteiger partial charge in [-0.3, -0.25) is 0 Å². The highest BCUT2D eigenvalue weighted by atomic mass is 16.6. The number of hydrogen-bond acceptors (Lipinski definition) is 4. The lowest BCUT2D eigenvalue weighted by Gasteiger charge is -2.38. The molecule has 0 saturated heterocycles. The molecule has 0 unspecified atom stereocenters. The molecule has 4 aliphatic rings. The van der Waals surface area contributed by atoms with Gasteiger partial charge in [-0.1, -0.05) is 51.8 Å². The molecule has 0 N–H and O–H groups in total. The van der Waals surface area contributed by atoms with Gasteiger partial charge in [-0.05, 0) is 61.2 Å². The molecule has 0 aliphatic heterocycles. The standard InChI is InChI=1S/C22H34N2O4/c1-19(2)13-7-9-21(19,5)15(11-13)27-17(25)23-24-18(26)28-16-12-14-8-10-22(16,6)20(14,3)4/h13-16H,7-12H2,1-6H3/t13-,14+,15-,16-,21-,22+/m1/s1. The van der Waals surface area contributed by atoms with Gasteiger partial charge >= 0.3 is 12.2 Å². The van der Waals surface area contributed by atoms with Crippen molar-refractivity contribution in [2.45, 2.75) is 92.3 Å². The number of amides is 2. The van der Waals surface area contributed by atoms with Crippen molar-refractivity contribution in [3.05, 3.63) is 0 Å². The Morgan fingerprint density at radius 3 is 1.32 bits per heavy atom. The first-order valence-corrected chi connectivity index (χ1v) is 10.7. The molecule has 0 aromatic rings. The van der Waals surface area contributed by atoms with Gasteiger partial charge in [0.05, 0.1) is 0 Å². The second kappa shape index (κ2) is 6.02. The van der Waals surface area contributed by atoms with Crippen molar-refractivity contribution in [2.24, 2.45) is 43.7 Å². The molecular weight excluding hydrogens is 356 g/mol. The molecular formula is C22H34N2O4. The molecule has 4 fully saturated rings. The summed E-state index contributed by atoms with van der Waals surface area (Å²) in [4.78, 5) is 24.3. The van der Waals surface area contributed by atoms with E-state index in [0.717, 1.165) is 25.7 Å². The Hall–Kier alpha value is -1.46. The van der Waals surface area contributed by atoms with Gasteiger partial charge in [0, 0.05) is 10.8 Å². The first-order valence-electron chi connectivity index (χ1n) is 10.7. The van der Waals surface area contributed by atoms with Gasteiger partial charge < -0.3 is 9.47 Å². The van der Waals surface area contributed by atoms with Gasteiger partial charge in [0.25, 0.3) is 0 Å². The van der Waals surface area contributed by atoms with E-state index < -0.39 is 12.2 Å². The number of azo groups is 1. The maximum Gasteiger partial charge on any atom is 0.452 e. The fourth-order valence-electron chi connectivity index (χ4n) is 6.99. The average Bonchev–Trinajstić information content (AvgIpc) is 3.12. The smallest absolute Gasteiger partial charge is 0.443 e. The van der Waals surface area contributed by atoms with Gasteiger partial charge in [-0.15, -0.1) is 0 Å². The maximum atomic E-state index is 12.2. The number of rotatable bonds is 2. The van der Waals surface area contributed by atoms with Crippen LogP contribution < -0.4 is 0 Å². The second-order valence-electron chi connectivity index (χ2n) is 11.2. The molecule has 4 aliphatic carbocycles. The zero-order valence-electron chi connectivity index (χ0n) is 18.1. The summed E-state index contributed by atoms with van der Waals surface area (Å²) < 4.78 is 11.2. The predicted octanol–water partition coefficient (Wildman–Crippen LogP) is 6.14. The summed E-state index contributed by atoms with van der Waals surface area (Å²) in [6.45, 7) is 13.4. The van der Waals surface area contributed by atoms with Crippen molar-refractivity contribution >= 4 is 12.2 Å². The van der Waals surface area contributed by atoms with Gasteiger partial charge in [-0.2, -0.15) is 0 Å². The minimum Gasteiger partial charge on any atom is -0.443 e. The number of carbonyl (C=O) groups excluding carboxylic acids is 2. The van der Waals surface area contributed by atoms with Crippen molar-refractivity contribution in [3.8, 4) is 0 Å². The lowest BCUT2D eigenvalue weighted by Crippen LogP contribution is -2.38. The van der Waals surface area contributed by atoms with Crippen LogP contribution in [0.1, 0.15) is 80.1 Å². The lowest BCUT2D eigenvalue weighted by atomic mass is 9.70. The third-order valence-electron chi connectivity index (χ3n) is 10.1. The molecule has 0 aromatic carbocycles. The van der Waals surface area contributed by atoms with E-state index in [9.17, 15) is 9.59 Å². The van der Waals surface area contributed by atoms with Crippen LogP contribution in [0.25, 0.3) is 0 Å². The van der Waals surface area contributed by atoms with Gasteiger partial charge in [0.2, 0.25) is 0 Å². The van der Waals surface area contributed by atoms with Crippen LogP contribution in [0.3, 0.4) is 0 Å². The Morgan fingerprint density at radius 2 is 1.07 bits per heavy atom. The summed E-state index contributed by atoms with van der Waals surface area (Å²) in [6, 6.07) is 0. The molecule has 4 saturated carbocycles. The fraction of sp³-hybridized carbons (Fsp3) is 0.909. The van der Waals surface area contributed by atoms with Crippen LogP contribution in [0.2, 0.25) is 0 Å². The topological polar surface area (TPSA) is 77.3 Å². The largest absolute Gasteiger partial charge is 0.452 e. The van der Waals surface area contributed by atoms with Crippen LogP contribution in [0.15, 0.2) is 10.2 Å². The van der Waals surface area contributed by atoms with Crippen LogP contribution in [0.5, 0.6) is 0 Å². The number of hydrogen-bond donors (Lipinski definition) is 0. The molecule has 0 radical (unpaired) electrons. The van der Waals surface area contributed by atoms with E-state index in [1.165, 1.54) is 12.8 Å². The first kappa shape index (κ1) is 19.8. The third kappa shape index (κ3) is 2.51. The summed E-state index contributed by atoms with van der Waals surface area (Å²) >= 11 is 0. The van der Waals surface area contributed by atoms with Crippen LogP contribution >= 0.6 is 0 Å². The summed E-state index contributed by atoms with van der Waals surface area (Å²) in [6.07, 6.45) is 4.32. The van der Waals surface area contributed by atoms with Gasteiger partial charge in [0.15, 0.2) is 0 Å². The summed E-state index contributed by atoms with van der Waals surface area (Å²) in [5, 5.41) is 7.01. The summed E-state index contributed by atoms with van der Waals surface area (Å²) in [5.74, 6) is 1.14. The van der Waals surface area contributed by atoms with Crippen LogP contribution in [0, 0.1) is 33.5 Å². The van der Waals surface area contributed by atoms with Crippen molar-refractivity contribution in [2.75, 3.05) is 0 Å². The molecule has 6 heteroatoms. The molecule has 6 atom stereocenters.